The zero-order chi connectivity index (χ0) is 13.0. The molecule has 0 radical (unpaired) electrons. The summed E-state index contributed by atoms with van der Waals surface area (Å²) < 4.78 is 0. The third-order valence-corrected chi connectivity index (χ3v) is 3.46. The minimum atomic E-state index is 0.234. The van der Waals surface area contributed by atoms with Gasteiger partial charge in [0.1, 0.15) is 0 Å². The average molecular weight is 243 g/mol. The van der Waals surface area contributed by atoms with Gasteiger partial charge in [-0.25, -0.2) is 0 Å². The third-order valence-electron chi connectivity index (χ3n) is 3.46. The highest BCUT2D eigenvalue weighted by Crippen LogP contribution is 2.27. The molecule has 0 spiro atoms. The van der Waals surface area contributed by atoms with Crippen LogP contribution in [-0.4, -0.2) is 12.1 Å². The monoisotopic (exact) mass is 243 g/mol. The molecule has 0 aliphatic carbocycles. The van der Waals surface area contributed by atoms with Crippen molar-refractivity contribution in [1.82, 2.24) is 5.48 Å². The van der Waals surface area contributed by atoms with Crippen molar-refractivity contribution < 1.29 is 4.84 Å². The largest absolute Gasteiger partial charge is 0.302 e. The van der Waals surface area contributed by atoms with Gasteiger partial charge >= 0.3 is 0 Å². The van der Waals surface area contributed by atoms with Crippen molar-refractivity contribution in [3.05, 3.63) is 0 Å². The Hall–Kier alpha value is -0.0800. The Morgan fingerprint density at radius 1 is 0.765 bits per heavy atom. The first-order valence-electron chi connectivity index (χ1n) is 7.63. The molecule has 2 nitrogen and oxygen atoms in total. The molecule has 0 heterocycles. The van der Waals surface area contributed by atoms with Gasteiger partial charge in [0.05, 0.1) is 6.61 Å². The fourth-order valence-corrected chi connectivity index (χ4v) is 2.30. The number of nitrogens with one attached hydrogen (secondary N) is 1. The fraction of sp³-hybridized carbons (Fsp3) is 1.00. The van der Waals surface area contributed by atoms with E-state index in [4.69, 9.17) is 4.84 Å². The summed E-state index contributed by atoms with van der Waals surface area (Å²) in [5, 5.41) is 0. The summed E-state index contributed by atoms with van der Waals surface area (Å²) in [5.74, 6) is 0. The molecule has 0 amide bonds. The van der Waals surface area contributed by atoms with E-state index in [0.717, 1.165) is 6.61 Å². The van der Waals surface area contributed by atoms with E-state index in [9.17, 15) is 0 Å². The van der Waals surface area contributed by atoms with E-state index in [1.807, 2.05) is 0 Å². The molecule has 0 unspecified atom stereocenters. The van der Waals surface area contributed by atoms with Gasteiger partial charge in [0.15, 0.2) is 0 Å². The molecule has 0 aliphatic rings. The van der Waals surface area contributed by atoms with Crippen molar-refractivity contribution in [1.29, 1.82) is 0 Å². The molecule has 17 heavy (non-hydrogen) atoms. The van der Waals surface area contributed by atoms with Gasteiger partial charge in [0.25, 0.3) is 0 Å². The minimum Gasteiger partial charge on any atom is -0.302 e. The number of hydrogen-bond donors (Lipinski definition) is 1. The first kappa shape index (κ1) is 16.9. The summed E-state index contributed by atoms with van der Waals surface area (Å²) in [6, 6.07) is 0. The van der Waals surface area contributed by atoms with E-state index in [2.05, 4.69) is 33.2 Å². The highest BCUT2D eigenvalue weighted by molar-refractivity contribution is 4.85. The van der Waals surface area contributed by atoms with Crippen LogP contribution in [0.3, 0.4) is 0 Å². The second kappa shape index (κ2) is 11.0. The fourth-order valence-electron chi connectivity index (χ4n) is 2.30. The van der Waals surface area contributed by atoms with E-state index >= 15 is 0 Å². The van der Waals surface area contributed by atoms with Gasteiger partial charge in [-0.1, -0.05) is 59.3 Å². The van der Waals surface area contributed by atoms with Crippen LogP contribution in [0.2, 0.25) is 0 Å². The highest BCUT2D eigenvalue weighted by Gasteiger charge is 2.28. The predicted octanol–water partition coefficient (Wildman–Crippen LogP) is 4.84. The molecule has 0 aliphatic heterocycles. The number of hydrogen-bond acceptors (Lipinski definition) is 2. The topological polar surface area (TPSA) is 21.3 Å². The standard InChI is InChI=1S/C15H33NO/c1-5-9-12-15(13-10-6-2,14-11-7-3)16-17-8-4/h16H,5-14H2,1-4H3. The van der Waals surface area contributed by atoms with Gasteiger partial charge in [-0.3, -0.25) is 0 Å². The number of hydroxylamine groups is 1. The smallest absolute Gasteiger partial charge is 0.0654 e. The van der Waals surface area contributed by atoms with Gasteiger partial charge in [-0.2, -0.15) is 5.48 Å². The maximum atomic E-state index is 5.54. The van der Waals surface area contributed by atoms with Gasteiger partial charge in [-0.15, -0.1) is 0 Å². The molecule has 0 rings (SSSR count). The molecule has 2 heteroatoms. The SMILES string of the molecule is CCCCC(CCCC)(CCCC)NOCC. The van der Waals surface area contributed by atoms with Gasteiger partial charge in [0, 0.05) is 5.54 Å². The minimum absolute atomic E-state index is 0.234. The summed E-state index contributed by atoms with van der Waals surface area (Å²) in [5.41, 5.74) is 3.62. The summed E-state index contributed by atoms with van der Waals surface area (Å²) >= 11 is 0. The molecule has 0 atom stereocenters. The maximum absolute atomic E-state index is 5.54. The van der Waals surface area contributed by atoms with E-state index in [1.54, 1.807) is 0 Å². The van der Waals surface area contributed by atoms with Crippen LogP contribution < -0.4 is 5.48 Å². The lowest BCUT2D eigenvalue weighted by Crippen LogP contribution is -2.45. The molecule has 0 saturated carbocycles. The summed E-state index contributed by atoms with van der Waals surface area (Å²) in [7, 11) is 0. The van der Waals surface area contributed by atoms with E-state index in [-0.39, 0.29) is 5.54 Å². The summed E-state index contributed by atoms with van der Waals surface area (Å²) in [6.07, 6.45) is 11.5. The quantitative estimate of drug-likeness (QED) is 0.495. The van der Waals surface area contributed by atoms with Gasteiger partial charge in [0.2, 0.25) is 0 Å². The van der Waals surface area contributed by atoms with Crippen molar-refractivity contribution in [3.8, 4) is 0 Å². The highest BCUT2D eigenvalue weighted by atomic mass is 16.6. The Morgan fingerprint density at radius 2 is 1.18 bits per heavy atom. The Morgan fingerprint density at radius 3 is 1.47 bits per heavy atom. The van der Waals surface area contributed by atoms with E-state index in [0.29, 0.717) is 0 Å². The maximum Gasteiger partial charge on any atom is 0.0654 e. The Balaban J connectivity index is 4.39. The van der Waals surface area contributed by atoms with Gasteiger partial charge in [-0.05, 0) is 26.2 Å². The van der Waals surface area contributed by atoms with Gasteiger partial charge < -0.3 is 4.84 Å². The van der Waals surface area contributed by atoms with Crippen molar-refractivity contribution in [3.63, 3.8) is 0 Å². The van der Waals surface area contributed by atoms with Crippen molar-refractivity contribution >= 4 is 0 Å². The summed E-state index contributed by atoms with van der Waals surface area (Å²) in [4.78, 5) is 5.54. The molecular formula is C15H33NO. The van der Waals surface area contributed by atoms with Crippen LogP contribution in [0, 0.1) is 0 Å². The Kier molecular flexibility index (Phi) is 11.0. The molecule has 0 aromatic carbocycles. The van der Waals surface area contributed by atoms with E-state index < -0.39 is 0 Å². The van der Waals surface area contributed by atoms with Crippen molar-refractivity contribution in [2.24, 2.45) is 0 Å². The molecule has 0 aromatic rings. The van der Waals surface area contributed by atoms with Crippen LogP contribution in [0.4, 0.5) is 0 Å². The second-order valence-corrected chi connectivity index (χ2v) is 5.13. The molecule has 0 saturated heterocycles. The first-order valence-corrected chi connectivity index (χ1v) is 7.63. The van der Waals surface area contributed by atoms with Crippen LogP contribution in [0.15, 0.2) is 0 Å². The number of rotatable bonds is 12. The van der Waals surface area contributed by atoms with Crippen molar-refractivity contribution in [2.75, 3.05) is 6.61 Å². The number of unbranched alkanes of at least 4 members (excludes halogenated alkanes) is 3. The van der Waals surface area contributed by atoms with Crippen LogP contribution in [-0.2, 0) is 4.84 Å². The third kappa shape index (κ3) is 7.77. The van der Waals surface area contributed by atoms with Crippen LogP contribution in [0.1, 0.15) is 85.5 Å². The van der Waals surface area contributed by atoms with E-state index in [1.165, 1.54) is 57.8 Å². The normalized spacial score (nSPS) is 12.0. The second-order valence-electron chi connectivity index (χ2n) is 5.13. The molecule has 104 valence electrons. The molecule has 0 aromatic heterocycles. The molecule has 0 bridgehead atoms. The van der Waals surface area contributed by atoms with Crippen molar-refractivity contribution in [2.45, 2.75) is 91.0 Å². The molecule has 1 N–H and O–H groups in total. The van der Waals surface area contributed by atoms with Crippen LogP contribution in [0.5, 0.6) is 0 Å². The zero-order valence-electron chi connectivity index (χ0n) is 12.5. The molecule has 0 fully saturated rings. The average Bonchev–Trinajstić information content (AvgIpc) is 2.37. The lowest BCUT2D eigenvalue weighted by atomic mass is 9.83. The Bertz CT molecular complexity index is 121. The lowest BCUT2D eigenvalue weighted by Gasteiger charge is -2.34. The summed E-state index contributed by atoms with van der Waals surface area (Å²) in [6.45, 7) is 9.62. The predicted molar refractivity (Wildman–Crippen MR) is 76.1 cm³/mol. The first-order chi connectivity index (χ1) is 8.24. The Labute approximate surface area is 108 Å². The zero-order valence-corrected chi connectivity index (χ0v) is 12.5. The molecular weight excluding hydrogens is 210 g/mol. The van der Waals surface area contributed by atoms with Crippen LogP contribution in [0.25, 0.3) is 0 Å². The lowest BCUT2D eigenvalue weighted by molar-refractivity contribution is -0.0301. The van der Waals surface area contributed by atoms with Crippen LogP contribution >= 0.6 is 0 Å².